The first-order valence-electron chi connectivity index (χ1n) is 14.8. The molecule has 6 N–H and O–H groups in total. The molecule has 14 heteroatoms. The number of carbonyl (C=O) groups excluding carboxylic acids is 4. The molecular weight excluding hydrogens is 606 g/mol. The van der Waals surface area contributed by atoms with Crippen molar-refractivity contribution in [2.24, 2.45) is 0 Å². The lowest BCUT2D eigenvalue weighted by Gasteiger charge is -2.42. The number of carbonyl (C=O) groups is 5. The molecule has 14 nitrogen and oxygen atoms in total. The Morgan fingerprint density at radius 1 is 1.07 bits per heavy atom. The summed E-state index contributed by atoms with van der Waals surface area (Å²) in [6, 6.07) is 3.46. The van der Waals surface area contributed by atoms with Crippen molar-refractivity contribution in [3.63, 3.8) is 0 Å². The summed E-state index contributed by atoms with van der Waals surface area (Å²) in [5, 5.41) is 56.7. The van der Waals surface area contributed by atoms with Gasteiger partial charge < -0.3 is 45.1 Å². The van der Waals surface area contributed by atoms with Crippen molar-refractivity contribution in [3.8, 4) is 17.2 Å². The Labute approximate surface area is 262 Å². The number of aromatic hydroxyl groups is 2. The number of benzene rings is 2. The number of ketones is 3. The van der Waals surface area contributed by atoms with Crippen molar-refractivity contribution in [2.75, 3.05) is 7.11 Å². The average Bonchev–Trinajstić information content (AvgIpc) is 2.99. The Balaban J connectivity index is 1.52. The highest BCUT2D eigenvalue weighted by Gasteiger charge is 2.49. The maximum atomic E-state index is 13.8. The Bertz CT molecular complexity index is 1630. The number of carboxylic acids is 1. The summed E-state index contributed by atoms with van der Waals surface area (Å²) in [5.74, 6) is -5.09. The first-order valence-corrected chi connectivity index (χ1v) is 14.8. The first kappa shape index (κ1) is 33.0. The van der Waals surface area contributed by atoms with Gasteiger partial charge in [-0.1, -0.05) is 12.1 Å². The van der Waals surface area contributed by atoms with Crippen LogP contribution in [0.2, 0.25) is 0 Å². The number of amides is 1. The number of phenols is 2. The molecule has 0 aromatic heterocycles. The minimum absolute atomic E-state index is 0.0591. The molecule has 2 aromatic carbocycles. The lowest BCUT2D eigenvalue weighted by molar-refractivity contribution is -0.249. The highest BCUT2D eigenvalue weighted by atomic mass is 16.7. The smallest absolute Gasteiger partial charge is 0.303 e. The molecule has 1 heterocycles. The maximum Gasteiger partial charge on any atom is 0.303 e. The molecule has 2 aliphatic carbocycles. The summed E-state index contributed by atoms with van der Waals surface area (Å²) in [6.07, 6.45) is -5.87. The molecule has 1 aliphatic heterocycles. The van der Waals surface area contributed by atoms with Crippen molar-refractivity contribution in [2.45, 2.75) is 88.6 Å². The number of rotatable bonds is 9. The average molecular weight is 642 g/mol. The summed E-state index contributed by atoms with van der Waals surface area (Å²) in [4.78, 5) is 63.3. The molecule has 1 fully saturated rings. The fraction of sp³-hybridized carbons (Fsp3) is 0.469. The Hall–Kier alpha value is -4.37. The minimum atomic E-state index is -2.10. The number of aliphatic carboxylic acids is 1. The molecule has 3 aliphatic rings. The zero-order valence-electron chi connectivity index (χ0n) is 25.4. The van der Waals surface area contributed by atoms with E-state index in [2.05, 4.69) is 5.32 Å². The predicted molar refractivity (Wildman–Crippen MR) is 156 cm³/mol. The van der Waals surface area contributed by atoms with Crippen LogP contribution in [-0.4, -0.2) is 92.0 Å². The van der Waals surface area contributed by atoms with Crippen LogP contribution in [0.4, 0.5) is 0 Å². The van der Waals surface area contributed by atoms with Gasteiger partial charge in [-0.3, -0.25) is 24.0 Å². The molecule has 46 heavy (non-hydrogen) atoms. The summed E-state index contributed by atoms with van der Waals surface area (Å²) in [6.45, 7) is 2.67. The number of carboxylic acid groups (broad SMARTS) is 1. The van der Waals surface area contributed by atoms with Crippen LogP contribution in [-0.2, 0) is 30.3 Å². The molecule has 246 valence electrons. The van der Waals surface area contributed by atoms with E-state index >= 15 is 0 Å². The SMILES string of the molecule is COc1cccc2c1C(=O)c1c(O)c3c(c(O)c1C2=O)C[C@@](O)(C(C)=O)C[C@@H]3O[C@H]1C[C@H](NC(=O)CCCC(=O)O)[C@H](O)[C@H](C)O1. The number of fused-ring (bicyclic) bond motifs is 3. The van der Waals surface area contributed by atoms with Crippen LogP contribution in [0.1, 0.15) is 95.0 Å². The van der Waals surface area contributed by atoms with Gasteiger partial charge in [0.25, 0.3) is 0 Å². The van der Waals surface area contributed by atoms with Gasteiger partial charge in [0.1, 0.15) is 29.0 Å². The third-order valence-corrected chi connectivity index (χ3v) is 8.89. The number of nitrogens with one attached hydrogen (secondary N) is 1. The zero-order chi connectivity index (χ0) is 33.7. The summed E-state index contributed by atoms with van der Waals surface area (Å²) in [5.41, 5.74) is -3.52. The number of aliphatic hydroxyl groups is 2. The van der Waals surface area contributed by atoms with Gasteiger partial charge >= 0.3 is 5.97 Å². The van der Waals surface area contributed by atoms with Crippen LogP contribution in [0.15, 0.2) is 18.2 Å². The van der Waals surface area contributed by atoms with Crippen molar-refractivity contribution in [1.82, 2.24) is 5.32 Å². The van der Waals surface area contributed by atoms with Gasteiger partial charge in [-0.25, -0.2) is 0 Å². The summed E-state index contributed by atoms with van der Waals surface area (Å²) in [7, 11) is 1.31. The Morgan fingerprint density at radius 3 is 2.41 bits per heavy atom. The quantitative estimate of drug-likeness (QED) is 0.182. The zero-order valence-corrected chi connectivity index (χ0v) is 25.4. The van der Waals surface area contributed by atoms with E-state index in [9.17, 15) is 44.4 Å². The second-order valence-electron chi connectivity index (χ2n) is 11.9. The van der Waals surface area contributed by atoms with E-state index in [-0.39, 0.29) is 53.7 Å². The number of hydrogen-bond acceptors (Lipinski definition) is 12. The summed E-state index contributed by atoms with van der Waals surface area (Å²) < 4.78 is 17.3. The monoisotopic (exact) mass is 641 g/mol. The maximum absolute atomic E-state index is 13.8. The highest BCUT2D eigenvalue weighted by molar-refractivity contribution is 6.31. The van der Waals surface area contributed by atoms with Gasteiger partial charge in [0.05, 0.1) is 42.0 Å². The number of hydrogen-bond donors (Lipinski definition) is 6. The van der Waals surface area contributed by atoms with Crippen LogP contribution in [0.5, 0.6) is 17.2 Å². The van der Waals surface area contributed by atoms with E-state index in [1.165, 1.54) is 32.2 Å². The lowest BCUT2D eigenvalue weighted by Crippen LogP contribution is -2.55. The molecule has 5 rings (SSSR count). The van der Waals surface area contributed by atoms with Crippen molar-refractivity contribution >= 4 is 29.2 Å². The van der Waals surface area contributed by atoms with E-state index < -0.39 is 101 Å². The number of aliphatic hydroxyl groups excluding tert-OH is 1. The predicted octanol–water partition coefficient (Wildman–Crippen LogP) is 1.44. The van der Waals surface area contributed by atoms with Crippen molar-refractivity contribution < 1.29 is 63.7 Å². The van der Waals surface area contributed by atoms with Crippen LogP contribution in [0, 0.1) is 0 Å². The highest BCUT2D eigenvalue weighted by Crippen LogP contribution is 2.52. The Kier molecular flexibility index (Phi) is 8.92. The second kappa shape index (κ2) is 12.4. The van der Waals surface area contributed by atoms with E-state index in [1.807, 2.05) is 0 Å². The van der Waals surface area contributed by atoms with E-state index in [0.717, 1.165) is 6.92 Å². The van der Waals surface area contributed by atoms with Crippen LogP contribution in [0.25, 0.3) is 0 Å². The topological polar surface area (TPSA) is 226 Å². The molecular formula is C32H35NO13. The van der Waals surface area contributed by atoms with Crippen molar-refractivity contribution in [1.29, 1.82) is 0 Å². The van der Waals surface area contributed by atoms with Gasteiger partial charge in [0, 0.05) is 48.8 Å². The van der Waals surface area contributed by atoms with Crippen molar-refractivity contribution in [3.05, 3.63) is 51.6 Å². The molecule has 1 amide bonds. The van der Waals surface area contributed by atoms with Gasteiger partial charge in [-0.15, -0.1) is 0 Å². The molecule has 1 saturated heterocycles. The first-order chi connectivity index (χ1) is 21.7. The molecule has 2 aromatic rings. The fourth-order valence-electron chi connectivity index (χ4n) is 6.45. The van der Waals surface area contributed by atoms with Gasteiger partial charge in [0.15, 0.2) is 17.9 Å². The van der Waals surface area contributed by atoms with Crippen LogP contribution in [0.3, 0.4) is 0 Å². The molecule has 0 bridgehead atoms. The minimum Gasteiger partial charge on any atom is -0.507 e. The standard InChI is InChI=1S/C32H35NO13/c1-13-27(38)17(33-20(35)8-5-9-21(36)37)10-22(45-13)46-19-12-32(43,14(2)34)11-16-24(19)31(42)26-25(29(16)40)28(39)15-6-4-7-18(44-3)23(15)30(26)41/h4,6-7,13,17,19,22,27,38,40,42-43H,5,8-12H2,1-3H3,(H,33,35)(H,36,37)/t13-,17-,19-,22-,27+,32-/m0/s1. The summed E-state index contributed by atoms with van der Waals surface area (Å²) >= 11 is 0. The van der Waals surface area contributed by atoms with Gasteiger partial charge in [-0.05, 0) is 26.3 Å². The number of methoxy groups -OCH3 is 1. The molecule has 0 radical (unpaired) electrons. The normalized spacial score (nSPS) is 26.8. The molecule has 0 saturated carbocycles. The largest absolute Gasteiger partial charge is 0.507 e. The van der Waals surface area contributed by atoms with Gasteiger partial charge in [0.2, 0.25) is 11.7 Å². The lowest BCUT2D eigenvalue weighted by atomic mass is 9.72. The molecule has 6 atom stereocenters. The third kappa shape index (κ3) is 5.73. The second-order valence-corrected chi connectivity index (χ2v) is 11.9. The number of Topliss-reactive ketones (excluding diaryl/α,β-unsaturated/α-hetero) is 1. The van der Waals surface area contributed by atoms with Gasteiger partial charge in [-0.2, -0.15) is 0 Å². The molecule has 0 spiro atoms. The Morgan fingerprint density at radius 2 is 1.76 bits per heavy atom. The third-order valence-electron chi connectivity index (χ3n) is 8.89. The van der Waals surface area contributed by atoms with E-state index in [1.54, 1.807) is 0 Å². The fourth-order valence-corrected chi connectivity index (χ4v) is 6.45. The number of phenolic OH excluding ortho intramolecular Hbond substituents is 2. The number of ether oxygens (including phenoxy) is 3. The van der Waals surface area contributed by atoms with Crippen LogP contribution >= 0.6 is 0 Å². The van der Waals surface area contributed by atoms with E-state index in [4.69, 9.17) is 19.3 Å². The van der Waals surface area contributed by atoms with E-state index in [0.29, 0.717) is 0 Å². The van der Waals surface area contributed by atoms with Crippen LogP contribution < -0.4 is 10.1 Å². The molecule has 0 unspecified atom stereocenters.